The zero-order valence-corrected chi connectivity index (χ0v) is 20.3. The van der Waals surface area contributed by atoms with Crippen LogP contribution in [0.4, 0.5) is 4.79 Å². The van der Waals surface area contributed by atoms with Gasteiger partial charge in [0.2, 0.25) is 0 Å². The van der Waals surface area contributed by atoms with Gasteiger partial charge in [0, 0.05) is 31.0 Å². The number of hydrogen-bond donors (Lipinski definition) is 1. The van der Waals surface area contributed by atoms with E-state index >= 15 is 0 Å². The molecule has 4 aliphatic rings. The van der Waals surface area contributed by atoms with Crippen molar-refractivity contribution in [3.63, 3.8) is 0 Å². The Balaban J connectivity index is 1.33. The van der Waals surface area contributed by atoms with Gasteiger partial charge in [-0.15, -0.1) is 0 Å². The summed E-state index contributed by atoms with van der Waals surface area (Å²) in [5, 5.41) is 3.47. The van der Waals surface area contributed by atoms with Crippen molar-refractivity contribution >= 4 is 11.9 Å². The highest BCUT2D eigenvalue weighted by molar-refractivity contribution is 5.87. The van der Waals surface area contributed by atoms with E-state index in [1.807, 2.05) is 11.0 Å². The number of Topliss-reactive ketones (excluding diaryl/α,β-unsaturated/α-hetero) is 1. The van der Waals surface area contributed by atoms with Crippen molar-refractivity contribution in [1.82, 2.24) is 10.2 Å². The first-order valence-electron chi connectivity index (χ1n) is 12.9. The largest absolute Gasteiger partial charge is 0.493 e. The smallest absolute Gasteiger partial charge is 0.415 e. The number of ether oxygens (including phenoxy) is 2. The fourth-order valence-electron chi connectivity index (χ4n) is 7.30. The van der Waals surface area contributed by atoms with E-state index in [0.717, 1.165) is 57.9 Å². The number of ketones is 1. The van der Waals surface area contributed by atoms with Crippen molar-refractivity contribution in [2.24, 2.45) is 17.3 Å². The second-order valence-electron chi connectivity index (χ2n) is 10.7. The first-order chi connectivity index (χ1) is 15.9. The van der Waals surface area contributed by atoms with Gasteiger partial charge in [-0.25, -0.2) is 4.79 Å². The Morgan fingerprint density at radius 3 is 2.64 bits per heavy atom. The maximum absolute atomic E-state index is 12.9. The Hall–Kier alpha value is -2.08. The summed E-state index contributed by atoms with van der Waals surface area (Å²) in [7, 11) is 1.65. The van der Waals surface area contributed by atoms with Crippen LogP contribution >= 0.6 is 0 Å². The van der Waals surface area contributed by atoms with Crippen molar-refractivity contribution in [3.8, 4) is 11.5 Å². The number of rotatable bonds is 4. The number of hydrogen-bond acceptors (Lipinski definition) is 5. The molecular formula is C27H38N2O4. The van der Waals surface area contributed by atoms with Crippen LogP contribution in [0, 0.1) is 17.3 Å². The fourth-order valence-corrected chi connectivity index (χ4v) is 7.30. The zero-order valence-electron chi connectivity index (χ0n) is 20.3. The van der Waals surface area contributed by atoms with Crippen molar-refractivity contribution < 1.29 is 19.1 Å². The van der Waals surface area contributed by atoms with Crippen LogP contribution in [-0.2, 0) is 11.2 Å². The minimum Gasteiger partial charge on any atom is -0.493 e. The van der Waals surface area contributed by atoms with Gasteiger partial charge in [0.25, 0.3) is 0 Å². The molecule has 1 amide bonds. The summed E-state index contributed by atoms with van der Waals surface area (Å²) in [6.45, 7) is 6.71. The topological polar surface area (TPSA) is 67.9 Å². The van der Waals surface area contributed by atoms with E-state index in [2.05, 4.69) is 25.2 Å². The maximum Gasteiger partial charge on any atom is 0.415 e. The van der Waals surface area contributed by atoms with Gasteiger partial charge in [-0.2, -0.15) is 0 Å². The molecule has 0 radical (unpaired) electrons. The van der Waals surface area contributed by atoms with Crippen LogP contribution < -0.4 is 14.8 Å². The van der Waals surface area contributed by atoms with E-state index in [1.165, 1.54) is 11.1 Å². The molecule has 4 atom stereocenters. The highest BCUT2D eigenvalue weighted by Gasteiger charge is 2.54. The van der Waals surface area contributed by atoms with Gasteiger partial charge in [0.15, 0.2) is 11.5 Å². The molecule has 33 heavy (non-hydrogen) atoms. The first-order valence-corrected chi connectivity index (χ1v) is 12.9. The molecule has 6 nitrogen and oxygen atoms in total. The van der Waals surface area contributed by atoms with Gasteiger partial charge in [-0.1, -0.05) is 13.8 Å². The monoisotopic (exact) mass is 454 g/mol. The van der Waals surface area contributed by atoms with E-state index in [0.29, 0.717) is 54.2 Å². The first kappa shape index (κ1) is 22.7. The third-order valence-corrected chi connectivity index (χ3v) is 9.16. The average molecular weight is 455 g/mol. The summed E-state index contributed by atoms with van der Waals surface area (Å²) in [5.41, 5.74) is 2.51. The molecule has 1 aliphatic heterocycles. The summed E-state index contributed by atoms with van der Waals surface area (Å²) in [6, 6.07) is 4.64. The molecule has 0 aromatic heterocycles. The Kier molecular flexibility index (Phi) is 6.15. The normalized spacial score (nSPS) is 31.5. The van der Waals surface area contributed by atoms with Crippen LogP contribution in [0.1, 0.15) is 75.8 Å². The lowest BCUT2D eigenvalue weighted by molar-refractivity contribution is -0.129. The number of likely N-dealkylation sites (tertiary alicyclic amines) is 1. The third-order valence-electron chi connectivity index (χ3n) is 9.16. The molecule has 180 valence electrons. The van der Waals surface area contributed by atoms with Crippen molar-refractivity contribution in [2.75, 3.05) is 26.7 Å². The van der Waals surface area contributed by atoms with Crippen LogP contribution in [0.5, 0.6) is 11.5 Å². The van der Waals surface area contributed by atoms with Gasteiger partial charge in [-0.3, -0.25) is 4.79 Å². The lowest BCUT2D eigenvalue weighted by Gasteiger charge is -2.48. The number of aryl methyl sites for hydroxylation is 1. The zero-order chi connectivity index (χ0) is 23.2. The number of methoxy groups -OCH3 is 1. The highest BCUT2D eigenvalue weighted by Crippen LogP contribution is 2.60. The molecule has 6 heteroatoms. The van der Waals surface area contributed by atoms with Crippen LogP contribution in [0.2, 0.25) is 0 Å². The molecule has 1 heterocycles. The average Bonchev–Trinajstić information content (AvgIpc) is 3.13. The van der Waals surface area contributed by atoms with Crippen LogP contribution in [0.3, 0.4) is 0 Å². The number of benzene rings is 1. The molecule has 4 unspecified atom stereocenters. The summed E-state index contributed by atoms with van der Waals surface area (Å²) >= 11 is 0. The van der Waals surface area contributed by atoms with Crippen LogP contribution in [-0.4, -0.2) is 49.6 Å². The van der Waals surface area contributed by atoms with Crippen LogP contribution in [0.25, 0.3) is 0 Å². The molecule has 1 aromatic carbocycles. The molecule has 1 saturated heterocycles. The Morgan fingerprint density at radius 2 is 1.91 bits per heavy atom. The Bertz CT molecular complexity index is 923. The summed E-state index contributed by atoms with van der Waals surface area (Å²) < 4.78 is 11.6. The number of carbonyl (C=O) groups is 2. The van der Waals surface area contributed by atoms with E-state index in [9.17, 15) is 9.59 Å². The molecule has 0 spiro atoms. The molecule has 1 N–H and O–H groups in total. The predicted octanol–water partition coefficient (Wildman–Crippen LogP) is 4.69. The number of fused-ring (bicyclic) bond motifs is 5. The minimum atomic E-state index is -0.283. The Labute approximate surface area is 197 Å². The lowest BCUT2D eigenvalue weighted by Crippen LogP contribution is -2.45. The van der Waals surface area contributed by atoms with Crippen molar-refractivity contribution in [1.29, 1.82) is 0 Å². The van der Waals surface area contributed by atoms with Crippen LogP contribution in [0.15, 0.2) is 12.1 Å². The molecule has 5 rings (SSSR count). The quantitative estimate of drug-likeness (QED) is 0.715. The van der Waals surface area contributed by atoms with Gasteiger partial charge in [-0.05, 0) is 92.5 Å². The maximum atomic E-state index is 12.9. The summed E-state index contributed by atoms with van der Waals surface area (Å²) in [5.74, 6) is 3.20. The van der Waals surface area contributed by atoms with Crippen molar-refractivity contribution in [3.05, 3.63) is 23.3 Å². The second kappa shape index (κ2) is 8.94. The number of nitrogens with one attached hydrogen (secondary N) is 1. The molecule has 2 saturated carbocycles. The second-order valence-corrected chi connectivity index (χ2v) is 10.7. The number of nitrogens with zero attached hydrogens (tertiary/aromatic N) is 1. The van der Waals surface area contributed by atoms with Gasteiger partial charge < -0.3 is 19.7 Å². The molecule has 3 fully saturated rings. The molecule has 0 bridgehead atoms. The summed E-state index contributed by atoms with van der Waals surface area (Å²) in [4.78, 5) is 27.3. The van der Waals surface area contributed by atoms with Gasteiger partial charge >= 0.3 is 6.09 Å². The standard InChI is InChI=1S/C27H38N2O4/c1-4-28-18-10-13-29(14-11-18)26(31)33-24-15-17-5-6-20-19(21(17)16-23(24)32-3)9-12-27(2)22(20)7-8-25(27)30/h15-16,18-20,22,28H,4-14H2,1-3H3. The molecule has 1 aromatic rings. The molecule has 3 aliphatic carbocycles. The van der Waals surface area contributed by atoms with Gasteiger partial charge in [0.1, 0.15) is 5.78 Å². The minimum absolute atomic E-state index is 0.113. The fraction of sp³-hybridized carbons (Fsp3) is 0.704. The van der Waals surface area contributed by atoms with E-state index in [-0.39, 0.29) is 11.5 Å². The SMILES string of the molecule is CCNC1CCN(C(=O)Oc2cc3c(cc2OC)C2CCC4(C)C(=O)CCC4C2CC3)CC1. The highest BCUT2D eigenvalue weighted by atomic mass is 16.6. The molecular weight excluding hydrogens is 416 g/mol. The van der Waals surface area contributed by atoms with E-state index < -0.39 is 0 Å². The summed E-state index contributed by atoms with van der Waals surface area (Å²) in [6.07, 6.45) is 7.55. The number of carbonyl (C=O) groups excluding carboxylic acids is 2. The number of piperidine rings is 1. The van der Waals surface area contributed by atoms with E-state index in [4.69, 9.17) is 9.47 Å². The lowest BCUT2D eigenvalue weighted by atomic mass is 9.55. The van der Waals surface area contributed by atoms with Crippen molar-refractivity contribution in [2.45, 2.75) is 77.2 Å². The van der Waals surface area contributed by atoms with E-state index in [1.54, 1.807) is 7.11 Å². The van der Waals surface area contributed by atoms with Gasteiger partial charge in [0.05, 0.1) is 7.11 Å². The number of amides is 1. The predicted molar refractivity (Wildman–Crippen MR) is 127 cm³/mol. The third kappa shape index (κ3) is 3.94. The Morgan fingerprint density at radius 1 is 1.12 bits per heavy atom.